The van der Waals surface area contributed by atoms with Crippen molar-refractivity contribution >= 4 is 40.0 Å². The largest absolute Gasteiger partial charge is 0.465 e. The van der Waals surface area contributed by atoms with Crippen molar-refractivity contribution in [2.24, 2.45) is 7.05 Å². The van der Waals surface area contributed by atoms with Gasteiger partial charge in [-0.15, -0.1) is 0 Å². The van der Waals surface area contributed by atoms with E-state index in [0.717, 1.165) is 4.90 Å². The molecule has 9 heteroatoms. The molecule has 0 aliphatic heterocycles. The summed E-state index contributed by atoms with van der Waals surface area (Å²) in [5.74, 6) is 0.0859. The monoisotopic (exact) mass is 387 g/mol. The van der Waals surface area contributed by atoms with Crippen LogP contribution in [0.5, 0.6) is 0 Å². The number of benzene rings is 2. The van der Waals surface area contributed by atoms with Crippen LogP contribution in [-0.2, 0) is 7.05 Å². The molecule has 0 aliphatic carbocycles. The van der Waals surface area contributed by atoms with Crippen molar-refractivity contribution in [2.45, 2.75) is 0 Å². The zero-order valence-corrected chi connectivity index (χ0v) is 15.1. The number of hydrogen-bond donors (Lipinski definition) is 1. The van der Waals surface area contributed by atoms with Gasteiger partial charge in [-0.2, -0.15) is 0 Å². The van der Waals surface area contributed by atoms with Gasteiger partial charge in [0.05, 0.1) is 4.92 Å². The average molecular weight is 388 g/mol. The maximum Gasteiger partial charge on any atom is 0.412 e. The first-order chi connectivity index (χ1) is 12.7. The Morgan fingerprint density at radius 1 is 1.22 bits per heavy atom. The second-order valence-corrected chi connectivity index (χ2v) is 6.34. The summed E-state index contributed by atoms with van der Waals surface area (Å²) in [5, 5.41) is 21.7. The third kappa shape index (κ3) is 3.11. The Morgan fingerprint density at radius 3 is 2.56 bits per heavy atom. The first-order valence-corrected chi connectivity index (χ1v) is 8.14. The fourth-order valence-electron chi connectivity index (χ4n) is 3.02. The molecule has 3 aromatic rings. The van der Waals surface area contributed by atoms with Crippen molar-refractivity contribution in [3.8, 4) is 11.1 Å². The molecule has 1 N–H and O–H groups in total. The summed E-state index contributed by atoms with van der Waals surface area (Å²) in [4.78, 5) is 35.9. The Labute approximate surface area is 158 Å². The van der Waals surface area contributed by atoms with Gasteiger partial charge in [-0.3, -0.25) is 24.4 Å². The van der Waals surface area contributed by atoms with Crippen LogP contribution in [0.3, 0.4) is 0 Å². The van der Waals surface area contributed by atoms with E-state index in [2.05, 4.69) is 0 Å². The first kappa shape index (κ1) is 18.4. The summed E-state index contributed by atoms with van der Waals surface area (Å²) in [7, 11) is 2.75. The number of nitro groups is 1. The van der Waals surface area contributed by atoms with Crippen LogP contribution < -0.4 is 10.5 Å². The van der Waals surface area contributed by atoms with Crippen LogP contribution in [0.25, 0.3) is 21.9 Å². The van der Waals surface area contributed by atoms with E-state index in [1.165, 1.54) is 36.9 Å². The summed E-state index contributed by atoms with van der Waals surface area (Å²) in [6.45, 7) is 0. The smallest absolute Gasteiger partial charge is 0.412 e. The first-order valence-electron chi connectivity index (χ1n) is 7.76. The Hall–Kier alpha value is -3.39. The molecule has 27 heavy (non-hydrogen) atoms. The van der Waals surface area contributed by atoms with Gasteiger partial charge >= 0.3 is 6.09 Å². The predicted octanol–water partition coefficient (Wildman–Crippen LogP) is 3.88. The highest BCUT2D eigenvalue weighted by atomic mass is 35.5. The molecule has 2 aromatic carbocycles. The summed E-state index contributed by atoms with van der Waals surface area (Å²) in [6.07, 6.45) is -1.28. The normalized spacial score (nSPS) is 10.8. The molecule has 1 aromatic heterocycles. The molecular formula is C18H14ClN3O5. The summed E-state index contributed by atoms with van der Waals surface area (Å²) in [5.41, 5.74) is 0.206. The molecule has 0 saturated carbocycles. The topological polar surface area (TPSA) is 106 Å². The molecule has 0 spiro atoms. The van der Waals surface area contributed by atoms with E-state index in [1.807, 2.05) is 0 Å². The lowest BCUT2D eigenvalue weighted by atomic mass is 9.98. The standard InChI is InChI=1S/C18H14ClN3O5/c1-20-16(21(2)18(24)25)15(10-4-3-5-12(8-10)22(26)27)14-9-11(19)6-7-13(14)17(20)23/h3-9H,1-2H3,(H,24,25). The Morgan fingerprint density at radius 2 is 1.93 bits per heavy atom. The molecule has 0 bridgehead atoms. The van der Waals surface area contributed by atoms with E-state index >= 15 is 0 Å². The lowest BCUT2D eigenvalue weighted by Crippen LogP contribution is -2.32. The van der Waals surface area contributed by atoms with E-state index in [-0.39, 0.29) is 11.5 Å². The van der Waals surface area contributed by atoms with Gasteiger partial charge in [0.25, 0.3) is 11.2 Å². The number of halogens is 1. The van der Waals surface area contributed by atoms with Gasteiger partial charge in [-0.1, -0.05) is 23.7 Å². The quantitative estimate of drug-likeness (QED) is 0.542. The Kier molecular flexibility index (Phi) is 4.59. The molecule has 8 nitrogen and oxygen atoms in total. The van der Waals surface area contributed by atoms with Crippen molar-refractivity contribution < 1.29 is 14.8 Å². The molecule has 0 unspecified atom stereocenters. The van der Waals surface area contributed by atoms with Gasteiger partial charge in [0.2, 0.25) is 0 Å². The molecule has 1 amide bonds. The molecule has 138 valence electrons. The van der Waals surface area contributed by atoms with Crippen LogP contribution >= 0.6 is 11.6 Å². The lowest BCUT2D eigenvalue weighted by Gasteiger charge is -2.23. The highest BCUT2D eigenvalue weighted by Gasteiger charge is 2.23. The van der Waals surface area contributed by atoms with Crippen LogP contribution in [-0.4, -0.2) is 27.7 Å². The second kappa shape index (κ2) is 6.73. The minimum Gasteiger partial charge on any atom is -0.465 e. The van der Waals surface area contributed by atoms with Crippen LogP contribution in [0.1, 0.15) is 0 Å². The molecule has 0 aliphatic rings. The van der Waals surface area contributed by atoms with Crippen molar-refractivity contribution in [3.05, 3.63) is 68.0 Å². The number of carbonyl (C=O) groups is 1. The molecule has 1 heterocycles. The van der Waals surface area contributed by atoms with Crippen LogP contribution in [0.15, 0.2) is 47.3 Å². The zero-order chi connectivity index (χ0) is 19.9. The van der Waals surface area contributed by atoms with E-state index in [9.17, 15) is 24.8 Å². The maximum atomic E-state index is 12.7. The zero-order valence-electron chi connectivity index (χ0n) is 14.3. The number of anilines is 1. The molecule has 3 rings (SSSR count). The van der Waals surface area contributed by atoms with E-state index < -0.39 is 16.6 Å². The molecule has 0 radical (unpaired) electrons. The highest BCUT2D eigenvalue weighted by molar-refractivity contribution is 6.31. The van der Waals surface area contributed by atoms with E-state index in [4.69, 9.17) is 11.6 Å². The van der Waals surface area contributed by atoms with E-state index in [0.29, 0.717) is 26.9 Å². The third-order valence-corrected chi connectivity index (χ3v) is 4.51. The number of aromatic nitrogens is 1. The summed E-state index contributed by atoms with van der Waals surface area (Å²) < 4.78 is 1.21. The summed E-state index contributed by atoms with van der Waals surface area (Å²) >= 11 is 6.10. The molecule has 0 saturated heterocycles. The maximum absolute atomic E-state index is 12.7. The average Bonchev–Trinajstić information content (AvgIpc) is 2.63. The number of amides is 1. The number of rotatable bonds is 3. The number of carboxylic acid groups (broad SMARTS) is 1. The number of hydrogen-bond acceptors (Lipinski definition) is 4. The minimum absolute atomic E-state index is 0.0859. The second-order valence-electron chi connectivity index (χ2n) is 5.90. The van der Waals surface area contributed by atoms with Crippen molar-refractivity contribution in [1.82, 2.24) is 4.57 Å². The number of nitro benzene ring substituents is 1. The Bertz CT molecular complexity index is 1160. The fourth-order valence-corrected chi connectivity index (χ4v) is 3.19. The van der Waals surface area contributed by atoms with Gasteiger partial charge in [0.1, 0.15) is 5.82 Å². The molecular weight excluding hydrogens is 374 g/mol. The van der Waals surface area contributed by atoms with Gasteiger partial charge in [-0.25, -0.2) is 4.79 Å². The number of pyridine rings is 1. The van der Waals surface area contributed by atoms with Crippen LogP contribution in [0.4, 0.5) is 16.3 Å². The van der Waals surface area contributed by atoms with E-state index in [1.54, 1.807) is 24.3 Å². The lowest BCUT2D eigenvalue weighted by molar-refractivity contribution is -0.384. The van der Waals surface area contributed by atoms with Gasteiger partial charge in [-0.05, 0) is 23.8 Å². The van der Waals surface area contributed by atoms with Gasteiger partial charge in [0.15, 0.2) is 0 Å². The fraction of sp³-hybridized carbons (Fsp3) is 0.111. The number of nitrogens with zero attached hydrogens (tertiary/aromatic N) is 3. The van der Waals surface area contributed by atoms with Crippen molar-refractivity contribution in [2.75, 3.05) is 11.9 Å². The van der Waals surface area contributed by atoms with Gasteiger partial charge in [0, 0.05) is 47.6 Å². The molecule has 0 fully saturated rings. The van der Waals surface area contributed by atoms with Gasteiger partial charge < -0.3 is 5.11 Å². The van der Waals surface area contributed by atoms with Crippen LogP contribution in [0.2, 0.25) is 5.02 Å². The SMILES string of the molecule is CN(C(=O)O)c1c(-c2cccc([N+](=O)[O-])c2)c2cc(Cl)ccc2c(=O)n1C. The predicted molar refractivity (Wildman–Crippen MR) is 103 cm³/mol. The van der Waals surface area contributed by atoms with Crippen LogP contribution in [0, 0.1) is 10.1 Å². The molecule has 0 atom stereocenters. The third-order valence-electron chi connectivity index (χ3n) is 4.28. The van der Waals surface area contributed by atoms with Crippen molar-refractivity contribution in [3.63, 3.8) is 0 Å². The number of non-ortho nitro benzene ring substituents is 1. The number of fused-ring (bicyclic) bond motifs is 1. The minimum atomic E-state index is -1.28. The summed E-state index contributed by atoms with van der Waals surface area (Å²) in [6, 6.07) is 10.4. The van der Waals surface area contributed by atoms with Crippen molar-refractivity contribution in [1.29, 1.82) is 0 Å². The highest BCUT2D eigenvalue weighted by Crippen LogP contribution is 2.37. The Balaban J connectivity index is 2.53.